The summed E-state index contributed by atoms with van der Waals surface area (Å²) in [6.45, 7) is 5.25. The quantitative estimate of drug-likeness (QED) is 0.564. The highest BCUT2D eigenvalue weighted by molar-refractivity contribution is 7.98. The van der Waals surface area contributed by atoms with Gasteiger partial charge in [0.05, 0.1) is 6.20 Å². The Morgan fingerprint density at radius 2 is 2.10 bits per heavy atom. The summed E-state index contributed by atoms with van der Waals surface area (Å²) in [5, 5.41) is 7.42. The van der Waals surface area contributed by atoms with Crippen molar-refractivity contribution in [3.63, 3.8) is 0 Å². The molecular formula is C13H26N4O2S2. The summed E-state index contributed by atoms with van der Waals surface area (Å²) < 4.78 is 28.4. The molecular weight excluding hydrogens is 308 g/mol. The van der Waals surface area contributed by atoms with Gasteiger partial charge in [0.1, 0.15) is 4.90 Å². The number of nitrogens with one attached hydrogen (secondary N) is 2. The third-order valence-electron chi connectivity index (χ3n) is 2.90. The van der Waals surface area contributed by atoms with Gasteiger partial charge in [0.2, 0.25) is 10.0 Å². The first kappa shape index (κ1) is 18.5. The van der Waals surface area contributed by atoms with Crippen molar-refractivity contribution in [2.75, 3.05) is 31.6 Å². The Bertz CT molecular complexity index is 488. The molecule has 0 bridgehead atoms. The SMILES string of the molecule is CCCNCCCn1cc(S(=O)(=O)NCCCSC)cn1. The molecule has 1 heterocycles. The molecule has 0 unspecified atom stereocenters. The molecule has 1 rings (SSSR count). The van der Waals surface area contributed by atoms with E-state index in [0.29, 0.717) is 6.54 Å². The molecule has 1 aromatic heterocycles. The number of rotatable bonds is 12. The van der Waals surface area contributed by atoms with Gasteiger partial charge in [0.25, 0.3) is 0 Å². The van der Waals surface area contributed by atoms with Gasteiger partial charge in [-0.2, -0.15) is 16.9 Å². The minimum Gasteiger partial charge on any atom is -0.317 e. The van der Waals surface area contributed by atoms with E-state index in [0.717, 1.165) is 44.6 Å². The van der Waals surface area contributed by atoms with Gasteiger partial charge in [-0.1, -0.05) is 6.92 Å². The van der Waals surface area contributed by atoms with E-state index in [1.807, 2.05) is 6.26 Å². The lowest BCUT2D eigenvalue weighted by Gasteiger charge is -2.04. The molecule has 21 heavy (non-hydrogen) atoms. The zero-order valence-electron chi connectivity index (χ0n) is 12.8. The summed E-state index contributed by atoms with van der Waals surface area (Å²) in [6, 6.07) is 0. The average Bonchev–Trinajstić information content (AvgIpc) is 2.93. The Morgan fingerprint density at radius 3 is 2.81 bits per heavy atom. The van der Waals surface area contributed by atoms with E-state index in [2.05, 4.69) is 22.1 Å². The fourth-order valence-corrected chi connectivity index (χ4v) is 3.24. The van der Waals surface area contributed by atoms with Gasteiger partial charge in [0, 0.05) is 19.3 Å². The summed E-state index contributed by atoms with van der Waals surface area (Å²) in [5.41, 5.74) is 0. The van der Waals surface area contributed by atoms with Gasteiger partial charge in [-0.3, -0.25) is 4.68 Å². The number of aromatic nitrogens is 2. The lowest BCUT2D eigenvalue weighted by Crippen LogP contribution is -2.24. The molecule has 8 heteroatoms. The Balaban J connectivity index is 2.38. The van der Waals surface area contributed by atoms with Crippen LogP contribution in [0.5, 0.6) is 0 Å². The third kappa shape index (κ3) is 7.30. The van der Waals surface area contributed by atoms with E-state index in [4.69, 9.17) is 0 Å². The number of hydrogen-bond donors (Lipinski definition) is 2. The number of sulfonamides is 1. The van der Waals surface area contributed by atoms with Gasteiger partial charge in [-0.15, -0.1) is 0 Å². The summed E-state index contributed by atoms with van der Waals surface area (Å²) in [4.78, 5) is 0.244. The molecule has 122 valence electrons. The lowest BCUT2D eigenvalue weighted by atomic mass is 10.4. The van der Waals surface area contributed by atoms with Crippen LogP contribution in [0.1, 0.15) is 26.2 Å². The van der Waals surface area contributed by atoms with Crippen LogP contribution in [0, 0.1) is 0 Å². The minimum absolute atomic E-state index is 0.244. The van der Waals surface area contributed by atoms with Crippen molar-refractivity contribution in [3.05, 3.63) is 12.4 Å². The van der Waals surface area contributed by atoms with Crippen LogP contribution in [0.25, 0.3) is 0 Å². The normalized spacial score (nSPS) is 11.9. The van der Waals surface area contributed by atoms with Crippen LogP contribution in [0.4, 0.5) is 0 Å². The topological polar surface area (TPSA) is 76.0 Å². The first-order valence-corrected chi connectivity index (χ1v) is 10.2. The number of hydrogen-bond acceptors (Lipinski definition) is 5. The molecule has 0 aliphatic heterocycles. The predicted molar refractivity (Wildman–Crippen MR) is 88.2 cm³/mol. The fourth-order valence-electron chi connectivity index (χ4n) is 1.78. The highest BCUT2D eigenvalue weighted by Gasteiger charge is 2.15. The first-order chi connectivity index (χ1) is 10.1. The monoisotopic (exact) mass is 334 g/mol. The summed E-state index contributed by atoms with van der Waals surface area (Å²) >= 11 is 1.71. The van der Waals surface area contributed by atoms with Crippen LogP contribution in [0.2, 0.25) is 0 Å². The van der Waals surface area contributed by atoms with Crippen LogP contribution in [0.3, 0.4) is 0 Å². The second-order valence-corrected chi connectivity index (χ2v) is 7.54. The van der Waals surface area contributed by atoms with Gasteiger partial charge in [-0.25, -0.2) is 13.1 Å². The van der Waals surface area contributed by atoms with Gasteiger partial charge >= 0.3 is 0 Å². The molecule has 0 aliphatic rings. The van der Waals surface area contributed by atoms with E-state index in [9.17, 15) is 8.42 Å². The minimum atomic E-state index is -3.42. The zero-order valence-corrected chi connectivity index (χ0v) is 14.5. The summed E-state index contributed by atoms with van der Waals surface area (Å²) in [7, 11) is -3.42. The number of aryl methyl sites for hydroxylation is 1. The molecule has 0 spiro atoms. The molecule has 1 aromatic rings. The Kier molecular flexibility index (Phi) is 8.98. The van der Waals surface area contributed by atoms with E-state index < -0.39 is 10.0 Å². The third-order valence-corrected chi connectivity index (χ3v) is 5.02. The Morgan fingerprint density at radius 1 is 1.29 bits per heavy atom. The van der Waals surface area contributed by atoms with E-state index in [-0.39, 0.29) is 4.90 Å². The van der Waals surface area contributed by atoms with Crippen molar-refractivity contribution in [3.8, 4) is 0 Å². The fraction of sp³-hybridized carbons (Fsp3) is 0.769. The Labute approximate surface area is 132 Å². The van der Waals surface area contributed by atoms with Crippen molar-refractivity contribution in [2.45, 2.75) is 37.6 Å². The van der Waals surface area contributed by atoms with Crippen molar-refractivity contribution in [2.24, 2.45) is 0 Å². The lowest BCUT2D eigenvalue weighted by molar-refractivity contribution is 0.541. The maximum atomic E-state index is 12.0. The maximum absolute atomic E-state index is 12.0. The summed E-state index contributed by atoms with van der Waals surface area (Å²) in [5.74, 6) is 0.951. The standard InChI is InChI=1S/C13H26N4O2S2/c1-3-6-14-7-4-9-17-12-13(11-15-17)21(18,19)16-8-5-10-20-2/h11-12,14,16H,3-10H2,1-2H3. The highest BCUT2D eigenvalue weighted by atomic mass is 32.2. The van der Waals surface area contributed by atoms with Gasteiger partial charge in [0.15, 0.2) is 0 Å². The smallest absolute Gasteiger partial charge is 0.243 e. The van der Waals surface area contributed by atoms with Crippen LogP contribution < -0.4 is 10.0 Å². The molecule has 6 nitrogen and oxygen atoms in total. The molecule has 0 amide bonds. The zero-order chi connectivity index (χ0) is 15.6. The summed E-state index contributed by atoms with van der Waals surface area (Å²) in [6.07, 6.45) is 7.90. The van der Waals surface area contributed by atoms with Crippen molar-refractivity contribution < 1.29 is 8.42 Å². The van der Waals surface area contributed by atoms with Crippen LogP contribution >= 0.6 is 11.8 Å². The first-order valence-electron chi connectivity index (χ1n) is 7.32. The van der Waals surface area contributed by atoms with Crippen molar-refractivity contribution in [1.29, 1.82) is 0 Å². The number of thioether (sulfide) groups is 1. The largest absolute Gasteiger partial charge is 0.317 e. The highest BCUT2D eigenvalue weighted by Crippen LogP contribution is 2.07. The molecule has 0 aromatic carbocycles. The second kappa shape index (κ2) is 10.2. The van der Waals surface area contributed by atoms with Crippen LogP contribution in [-0.4, -0.2) is 49.8 Å². The Hall–Kier alpha value is -0.570. The van der Waals surface area contributed by atoms with Crippen molar-refractivity contribution in [1.82, 2.24) is 19.8 Å². The van der Waals surface area contributed by atoms with Gasteiger partial charge in [-0.05, 0) is 44.4 Å². The molecule has 2 N–H and O–H groups in total. The molecule has 0 saturated heterocycles. The maximum Gasteiger partial charge on any atom is 0.243 e. The average molecular weight is 335 g/mol. The van der Waals surface area contributed by atoms with E-state index >= 15 is 0 Å². The van der Waals surface area contributed by atoms with E-state index in [1.165, 1.54) is 6.20 Å². The van der Waals surface area contributed by atoms with E-state index in [1.54, 1.807) is 22.6 Å². The predicted octanol–water partition coefficient (Wildman–Crippen LogP) is 1.30. The molecule has 0 fully saturated rings. The van der Waals surface area contributed by atoms with Gasteiger partial charge < -0.3 is 5.32 Å². The second-order valence-electron chi connectivity index (χ2n) is 4.79. The molecule has 0 saturated carbocycles. The van der Waals surface area contributed by atoms with Crippen LogP contribution in [-0.2, 0) is 16.6 Å². The number of nitrogens with zero attached hydrogens (tertiary/aromatic N) is 2. The van der Waals surface area contributed by atoms with Crippen molar-refractivity contribution >= 4 is 21.8 Å². The molecule has 0 atom stereocenters. The van der Waals surface area contributed by atoms with Crippen LogP contribution in [0.15, 0.2) is 17.3 Å². The molecule has 0 aliphatic carbocycles. The molecule has 0 radical (unpaired) electrons.